The molecule has 2 heteroatoms. The lowest BCUT2D eigenvalue weighted by molar-refractivity contribution is 0.417. The quantitative estimate of drug-likeness (QED) is 0.709. The number of nitrogens with one attached hydrogen (secondary N) is 1. The summed E-state index contributed by atoms with van der Waals surface area (Å²) in [7, 11) is 0. The van der Waals surface area contributed by atoms with Crippen molar-refractivity contribution in [2.75, 3.05) is 18.5 Å². The fourth-order valence-corrected chi connectivity index (χ4v) is 1.15. The zero-order valence-electron chi connectivity index (χ0n) is 7.49. The molecule has 68 valence electrons. The van der Waals surface area contributed by atoms with Gasteiger partial charge in [0.15, 0.2) is 0 Å². The van der Waals surface area contributed by atoms with Gasteiger partial charge in [0.05, 0.1) is 12.7 Å². The predicted molar refractivity (Wildman–Crippen MR) is 54.8 cm³/mol. The van der Waals surface area contributed by atoms with Crippen molar-refractivity contribution < 1.29 is 4.74 Å². The summed E-state index contributed by atoms with van der Waals surface area (Å²) in [4.78, 5) is 0. The normalized spacial score (nSPS) is 19.5. The lowest BCUT2D eigenvalue weighted by atomic mass is 10.2. The van der Waals surface area contributed by atoms with E-state index in [1.54, 1.807) is 0 Å². The van der Waals surface area contributed by atoms with Crippen LogP contribution in [0.2, 0.25) is 0 Å². The van der Waals surface area contributed by atoms with Gasteiger partial charge in [-0.1, -0.05) is 24.8 Å². The lowest BCUT2D eigenvalue weighted by Crippen LogP contribution is -2.07. The third-order valence-corrected chi connectivity index (χ3v) is 2.08. The SMILES string of the molecule is C=Cc1ccc(NCC2CO2)cc1. The zero-order valence-corrected chi connectivity index (χ0v) is 7.49. The minimum absolute atomic E-state index is 0.430. The van der Waals surface area contributed by atoms with E-state index in [0.717, 1.165) is 24.4 Å². The van der Waals surface area contributed by atoms with Crippen molar-refractivity contribution in [3.05, 3.63) is 36.4 Å². The summed E-state index contributed by atoms with van der Waals surface area (Å²) in [5, 5.41) is 3.30. The molecule has 1 aromatic rings. The minimum atomic E-state index is 0.430. The third-order valence-electron chi connectivity index (χ3n) is 2.08. The second-order valence-corrected chi connectivity index (χ2v) is 3.16. The Morgan fingerprint density at radius 3 is 2.69 bits per heavy atom. The second-order valence-electron chi connectivity index (χ2n) is 3.16. The van der Waals surface area contributed by atoms with Gasteiger partial charge in [-0.3, -0.25) is 0 Å². The summed E-state index contributed by atoms with van der Waals surface area (Å²) >= 11 is 0. The van der Waals surface area contributed by atoms with Gasteiger partial charge in [0.25, 0.3) is 0 Å². The molecule has 13 heavy (non-hydrogen) atoms. The largest absolute Gasteiger partial charge is 0.382 e. The van der Waals surface area contributed by atoms with E-state index in [0.29, 0.717) is 6.10 Å². The molecule has 1 saturated heterocycles. The maximum atomic E-state index is 5.10. The van der Waals surface area contributed by atoms with Crippen molar-refractivity contribution in [3.8, 4) is 0 Å². The highest BCUT2D eigenvalue weighted by Crippen LogP contribution is 2.13. The Labute approximate surface area is 78.2 Å². The molecule has 0 aromatic heterocycles. The zero-order chi connectivity index (χ0) is 9.10. The molecular weight excluding hydrogens is 162 g/mol. The molecule has 2 nitrogen and oxygen atoms in total. The molecule has 0 radical (unpaired) electrons. The van der Waals surface area contributed by atoms with Crippen molar-refractivity contribution in [3.63, 3.8) is 0 Å². The molecule has 0 bridgehead atoms. The molecule has 1 unspecified atom stereocenters. The topological polar surface area (TPSA) is 24.6 Å². The summed E-state index contributed by atoms with van der Waals surface area (Å²) in [6.45, 7) is 5.52. The third kappa shape index (κ3) is 2.33. The molecule has 0 amide bonds. The van der Waals surface area contributed by atoms with Crippen LogP contribution in [0.25, 0.3) is 6.08 Å². The number of hydrogen-bond donors (Lipinski definition) is 1. The highest BCUT2D eigenvalue weighted by atomic mass is 16.6. The number of benzene rings is 1. The Balaban J connectivity index is 1.91. The monoisotopic (exact) mass is 175 g/mol. The molecule has 1 aliphatic rings. The van der Waals surface area contributed by atoms with E-state index in [-0.39, 0.29) is 0 Å². The van der Waals surface area contributed by atoms with Gasteiger partial charge >= 0.3 is 0 Å². The van der Waals surface area contributed by atoms with E-state index in [9.17, 15) is 0 Å². The molecular formula is C11H13NO. The molecule has 0 aliphatic carbocycles. The number of rotatable bonds is 4. The Morgan fingerprint density at radius 1 is 1.46 bits per heavy atom. The van der Waals surface area contributed by atoms with Crippen LogP contribution in [0.4, 0.5) is 5.69 Å². The maximum absolute atomic E-state index is 5.10. The van der Waals surface area contributed by atoms with Gasteiger partial charge in [0.1, 0.15) is 0 Å². The molecule has 1 atom stereocenters. The van der Waals surface area contributed by atoms with Gasteiger partial charge in [-0.2, -0.15) is 0 Å². The average Bonchev–Trinajstić information content (AvgIpc) is 2.99. The molecule has 0 spiro atoms. The van der Waals surface area contributed by atoms with Crippen LogP contribution in [-0.2, 0) is 4.74 Å². The van der Waals surface area contributed by atoms with Gasteiger partial charge < -0.3 is 10.1 Å². The highest BCUT2D eigenvalue weighted by molar-refractivity contribution is 5.53. The molecule has 2 rings (SSSR count). The van der Waals surface area contributed by atoms with Crippen LogP contribution in [0, 0.1) is 0 Å². The standard InChI is InChI=1S/C11H13NO/c1-2-9-3-5-10(6-4-9)12-7-11-8-13-11/h2-6,11-12H,1,7-8H2. The van der Waals surface area contributed by atoms with E-state index in [2.05, 4.69) is 24.0 Å². The second kappa shape index (κ2) is 3.62. The van der Waals surface area contributed by atoms with Gasteiger partial charge in [0.2, 0.25) is 0 Å². The average molecular weight is 175 g/mol. The maximum Gasteiger partial charge on any atom is 0.0981 e. The Bertz CT molecular complexity index is 287. The Kier molecular flexibility index (Phi) is 2.32. The highest BCUT2D eigenvalue weighted by Gasteiger charge is 2.21. The van der Waals surface area contributed by atoms with E-state index < -0.39 is 0 Å². The molecule has 1 fully saturated rings. The first-order chi connectivity index (χ1) is 6.38. The number of ether oxygens (including phenoxy) is 1. The first-order valence-electron chi connectivity index (χ1n) is 4.46. The summed E-state index contributed by atoms with van der Waals surface area (Å²) in [6.07, 6.45) is 2.27. The summed E-state index contributed by atoms with van der Waals surface area (Å²) in [5.74, 6) is 0. The number of epoxide rings is 1. The van der Waals surface area contributed by atoms with Crippen molar-refractivity contribution in [2.45, 2.75) is 6.10 Å². The number of anilines is 1. The summed E-state index contributed by atoms with van der Waals surface area (Å²) in [5.41, 5.74) is 2.29. The van der Waals surface area contributed by atoms with E-state index in [4.69, 9.17) is 4.74 Å². The fraction of sp³-hybridized carbons (Fsp3) is 0.273. The first kappa shape index (κ1) is 8.32. The Hall–Kier alpha value is -1.28. The van der Waals surface area contributed by atoms with E-state index in [1.165, 1.54) is 0 Å². The smallest absolute Gasteiger partial charge is 0.0981 e. The lowest BCUT2D eigenvalue weighted by Gasteiger charge is -2.03. The fourth-order valence-electron chi connectivity index (χ4n) is 1.15. The predicted octanol–water partition coefficient (Wildman–Crippen LogP) is 2.14. The molecule has 1 aliphatic heterocycles. The van der Waals surface area contributed by atoms with Gasteiger partial charge in [-0.15, -0.1) is 0 Å². The van der Waals surface area contributed by atoms with E-state index >= 15 is 0 Å². The van der Waals surface area contributed by atoms with Crippen molar-refractivity contribution in [1.82, 2.24) is 0 Å². The molecule has 1 heterocycles. The molecule has 1 N–H and O–H groups in total. The minimum Gasteiger partial charge on any atom is -0.382 e. The van der Waals surface area contributed by atoms with Crippen molar-refractivity contribution >= 4 is 11.8 Å². The molecule has 1 aromatic carbocycles. The number of hydrogen-bond acceptors (Lipinski definition) is 2. The van der Waals surface area contributed by atoms with E-state index in [1.807, 2.05) is 18.2 Å². The van der Waals surface area contributed by atoms with Crippen LogP contribution in [-0.4, -0.2) is 19.3 Å². The Morgan fingerprint density at radius 2 is 2.15 bits per heavy atom. The van der Waals surface area contributed by atoms with Crippen LogP contribution in [0.1, 0.15) is 5.56 Å². The van der Waals surface area contributed by atoms with Crippen LogP contribution >= 0.6 is 0 Å². The van der Waals surface area contributed by atoms with Crippen LogP contribution in [0.15, 0.2) is 30.8 Å². The molecule has 0 saturated carbocycles. The van der Waals surface area contributed by atoms with Gasteiger partial charge in [-0.05, 0) is 17.7 Å². The van der Waals surface area contributed by atoms with Crippen molar-refractivity contribution in [2.24, 2.45) is 0 Å². The summed E-state index contributed by atoms with van der Waals surface area (Å²) < 4.78 is 5.10. The first-order valence-corrected chi connectivity index (χ1v) is 4.46. The van der Waals surface area contributed by atoms with Gasteiger partial charge in [-0.25, -0.2) is 0 Å². The van der Waals surface area contributed by atoms with Crippen LogP contribution in [0.3, 0.4) is 0 Å². The summed E-state index contributed by atoms with van der Waals surface area (Å²) in [6, 6.07) is 8.20. The van der Waals surface area contributed by atoms with Crippen LogP contribution in [0.5, 0.6) is 0 Å². The van der Waals surface area contributed by atoms with Gasteiger partial charge in [0, 0.05) is 12.2 Å². The van der Waals surface area contributed by atoms with Crippen LogP contribution < -0.4 is 5.32 Å². The van der Waals surface area contributed by atoms with Crippen molar-refractivity contribution in [1.29, 1.82) is 0 Å².